The Kier molecular flexibility index (Phi) is 3.47. The first-order valence-corrected chi connectivity index (χ1v) is 6.06. The van der Waals surface area contributed by atoms with Crippen LogP contribution in [0.4, 0.5) is 5.69 Å². The SMILES string of the molecule is O=C(Nc1cccnc1Br)c1nnc(Cl)s1. The minimum absolute atomic E-state index is 0.209. The molecule has 8 heteroatoms. The van der Waals surface area contributed by atoms with Crippen molar-refractivity contribution in [1.29, 1.82) is 0 Å². The molecule has 0 aliphatic rings. The van der Waals surface area contributed by atoms with Crippen molar-refractivity contribution in [2.75, 3.05) is 5.32 Å². The lowest BCUT2D eigenvalue weighted by Crippen LogP contribution is -2.12. The third-order valence-corrected chi connectivity index (χ3v) is 3.25. The zero-order valence-corrected chi connectivity index (χ0v) is 10.8. The first kappa shape index (κ1) is 11.4. The number of carbonyl (C=O) groups excluding carboxylic acids is 1. The molecule has 16 heavy (non-hydrogen) atoms. The molecule has 2 rings (SSSR count). The summed E-state index contributed by atoms with van der Waals surface area (Å²) in [6, 6.07) is 3.44. The van der Waals surface area contributed by atoms with Crippen LogP contribution < -0.4 is 5.32 Å². The zero-order chi connectivity index (χ0) is 11.5. The smallest absolute Gasteiger partial charge is 0.286 e. The Labute approximate surface area is 108 Å². The van der Waals surface area contributed by atoms with Crippen LogP contribution in [0.1, 0.15) is 9.80 Å². The summed E-state index contributed by atoms with van der Waals surface area (Å²) in [6.07, 6.45) is 1.61. The van der Waals surface area contributed by atoms with Gasteiger partial charge in [-0.25, -0.2) is 4.98 Å². The van der Waals surface area contributed by atoms with E-state index in [1.54, 1.807) is 18.3 Å². The van der Waals surface area contributed by atoms with Crippen molar-refractivity contribution < 1.29 is 4.79 Å². The number of anilines is 1. The van der Waals surface area contributed by atoms with Gasteiger partial charge in [0.2, 0.25) is 9.47 Å². The van der Waals surface area contributed by atoms with E-state index in [2.05, 4.69) is 36.4 Å². The molecule has 0 fully saturated rings. The second-order valence-corrected chi connectivity index (χ2v) is 4.97. The average molecular weight is 320 g/mol. The van der Waals surface area contributed by atoms with E-state index in [4.69, 9.17) is 11.6 Å². The van der Waals surface area contributed by atoms with Crippen molar-refractivity contribution in [2.45, 2.75) is 0 Å². The van der Waals surface area contributed by atoms with Gasteiger partial charge in [0.25, 0.3) is 5.91 Å². The molecule has 0 spiro atoms. The fourth-order valence-corrected chi connectivity index (χ4v) is 2.03. The largest absolute Gasteiger partial charge is 0.317 e. The van der Waals surface area contributed by atoms with Crippen LogP contribution in [0.25, 0.3) is 0 Å². The first-order valence-electron chi connectivity index (χ1n) is 4.07. The van der Waals surface area contributed by atoms with E-state index >= 15 is 0 Å². The Hall–Kier alpha value is -1.05. The van der Waals surface area contributed by atoms with Gasteiger partial charge in [-0.05, 0) is 39.7 Å². The topological polar surface area (TPSA) is 67.8 Å². The lowest BCUT2D eigenvalue weighted by Gasteiger charge is -2.03. The van der Waals surface area contributed by atoms with Crippen LogP contribution >= 0.6 is 38.9 Å². The monoisotopic (exact) mass is 318 g/mol. The number of pyridine rings is 1. The number of aromatic nitrogens is 3. The summed E-state index contributed by atoms with van der Waals surface area (Å²) in [5, 5.41) is 10.0. The molecule has 0 aliphatic carbocycles. The van der Waals surface area contributed by atoms with Crippen LogP contribution in [0.3, 0.4) is 0 Å². The number of hydrogen-bond acceptors (Lipinski definition) is 5. The summed E-state index contributed by atoms with van der Waals surface area (Å²) in [7, 11) is 0. The lowest BCUT2D eigenvalue weighted by molar-refractivity contribution is 0.102. The molecule has 2 aromatic heterocycles. The van der Waals surface area contributed by atoms with Crippen LogP contribution in [0.2, 0.25) is 4.47 Å². The molecule has 0 saturated heterocycles. The van der Waals surface area contributed by atoms with E-state index < -0.39 is 0 Å². The van der Waals surface area contributed by atoms with Gasteiger partial charge >= 0.3 is 0 Å². The molecule has 5 nitrogen and oxygen atoms in total. The third-order valence-electron chi connectivity index (χ3n) is 1.60. The number of carbonyl (C=O) groups is 1. The summed E-state index contributed by atoms with van der Waals surface area (Å²) in [5.74, 6) is -0.363. The molecule has 82 valence electrons. The Morgan fingerprint density at radius 1 is 1.50 bits per heavy atom. The van der Waals surface area contributed by atoms with Gasteiger partial charge in [0.15, 0.2) is 0 Å². The normalized spacial score (nSPS) is 10.1. The predicted molar refractivity (Wildman–Crippen MR) is 64.8 cm³/mol. The summed E-state index contributed by atoms with van der Waals surface area (Å²) in [6.45, 7) is 0. The maximum Gasteiger partial charge on any atom is 0.286 e. The van der Waals surface area contributed by atoms with E-state index in [1.807, 2.05) is 0 Å². The molecule has 0 atom stereocenters. The predicted octanol–water partition coefficient (Wildman–Crippen LogP) is 2.60. The first-order chi connectivity index (χ1) is 7.66. The molecule has 2 aromatic rings. The van der Waals surface area contributed by atoms with Crippen molar-refractivity contribution in [3.05, 3.63) is 32.4 Å². The highest BCUT2D eigenvalue weighted by atomic mass is 79.9. The van der Waals surface area contributed by atoms with Crippen LogP contribution in [0, 0.1) is 0 Å². The van der Waals surface area contributed by atoms with E-state index in [0.717, 1.165) is 11.3 Å². The molecule has 0 unspecified atom stereocenters. The summed E-state index contributed by atoms with van der Waals surface area (Å²) >= 11 is 9.82. The number of rotatable bonds is 2. The number of halogens is 2. The highest BCUT2D eigenvalue weighted by molar-refractivity contribution is 9.10. The molecular weight excluding hydrogens is 316 g/mol. The van der Waals surface area contributed by atoms with E-state index in [-0.39, 0.29) is 15.4 Å². The molecule has 0 radical (unpaired) electrons. The maximum absolute atomic E-state index is 11.7. The highest BCUT2D eigenvalue weighted by Gasteiger charge is 2.13. The molecule has 1 amide bonds. The van der Waals surface area contributed by atoms with Crippen LogP contribution in [0.5, 0.6) is 0 Å². The van der Waals surface area contributed by atoms with Crippen molar-refractivity contribution in [2.24, 2.45) is 0 Å². The minimum atomic E-state index is -0.363. The van der Waals surface area contributed by atoms with Crippen LogP contribution in [-0.4, -0.2) is 21.1 Å². The van der Waals surface area contributed by atoms with Crippen molar-refractivity contribution >= 4 is 50.5 Å². The Balaban J connectivity index is 2.17. The van der Waals surface area contributed by atoms with Gasteiger partial charge in [0, 0.05) is 6.20 Å². The second kappa shape index (κ2) is 4.86. The molecular formula is C8H4BrClN4OS. The van der Waals surface area contributed by atoms with Gasteiger partial charge in [-0.2, -0.15) is 0 Å². The van der Waals surface area contributed by atoms with Gasteiger partial charge < -0.3 is 5.32 Å². The highest BCUT2D eigenvalue weighted by Crippen LogP contribution is 2.20. The number of nitrogens with zero attached hydrogens (tertiary/aromatic N) is 3. The van der Waals surface area contributed by atoms with Gasteiger partial charge in [-0.1, -0.05) is 11.3 Å². The average Bonchev–Trinajstić information content (AvgIpc) is 2.68. The molecule has 0 bridgehead atoms. The minimum Gasteiger partial charge on any atom is -0.317 e. The summed E-state index contributed by atoms with van der Waals surface area (Å²) in [4.78, 5) is 15.6. The van der Waals surface area contributed by atoms with Gasteiger partial charge in [0.05, 0.1) is 5.69 Å². The molecule has 0 aromatic carbocycles. The lowest BCUT2D eigenvalue weighted by atomic mass is 10.4. The molecule has 0 saturated carbocycles. The zero-order valence-electron chi connectivity index (χ0n) is 7.65. The van der Waals surface area contributed by atoms with Gasteiger partial charge in [-0.15, -0.1) is 10.2 Å². The molecule has 1 N–H and O–H groups in total. The fraction of sp³-hybridized carbons (Fsp3) is 0. The van der Waals surface area contributed by atoms with Gasteiger partial charge in [-0.3, -0.25) is 4.79 Å². The maximum atomic E-state index is 11.7. The molecule has 2 heterocycles. The third kappa shape index (κ3) is 2.55. The Morgan fingerprint density at radius 3 is 2.94 bits per heavy atom. The second-order valence-electron chi connectivity index (χ2n) is 2.66. The van der Waals surface area contributed by atoms with Crippen molar-refractivity contribution in [3.63, 3.8) is 0 Å². The van der Waals surface area contributed by atoms with Crippen LogP contribution in [0.15, 0.2) is 22.9 Å². The fourth-order valence-electron chi connectivity index (χ4n) is 0.952. The van der Waals surface area contributed by atoms with Crippen molar-refractivity contribution in [1.82, 2.24) is 15.2 Å². The molecule has 0 aliphatic heterocycles. The Morgan fingerprint density at radius 2 is 2.31 bits per heavy atom. The van der Waals surface area contributed by atoms with Crippen molar-refractivity contribution in [3.8, 4) is 0 Å². The number of hydrogen-bond donors (Lipinski definition) is 1. The van der Waals surface area contributed by atoms with E-state index in [9.17, 15) is 4.79 Å². The van der Waals surface area contributed by atoms with Crippen LogP contribution in [-0.2, 0) is 0 Å². The van der Waals surface area contributed by atoms with Gasteiger partial charge in [0.1, 0.15) is 4.60 Å². The number of amides is 1. The van der Waals surface area contributed by atoms with E-state index in [0.29, 0.717) is 10.3 Å². The van der Waals surface area contributed by atoms with E-state index in [1.165, 1.54) is 0 Å². The summed E-state index contributed by atoms with van der Waals surface area (Å²) < 4.78 is 0.786. The number of nitrogens with one attached hydrogen (secondary N) is 1. The summed E-state index contributed by atoms with van der Waals surface area (Å²) in [5.41, 5.74) is 0.568. The Bertz CT molecular complexity index is 532. The standard InChI is InChI=1S/C8H4BrClN4OS/c9-5-4(2-1-3-11-5)12-6(15)7-13-14-8(10)16-7/h1-3H,(H,12,15). The quantitative estimate of drug-likeness (QED) is 0.864.